The average Bonchev–Trinajstić information content (AvgIpc) is 2.41. The Bertz CT molecular complexity index is 658. The van der Waals surface area contributed by atoms with Gasteiger partial charge in [-0.3, -0.25) is 10.1 Å². The molecule has 0 unspecified atom stereocenters. The average molecular weight is 275 g/mol. The Labute approximate surface area is 114 Å². The zero-order valence-electron chi connectivity index (χ0n) is 10.9. The van der Waals surface area contributed by atoms with Crippen molar-refractivity contribution < 1.29 is 19.7 Å². The van der Waals surface area contributed by atoms with Gasteiger partial charge >= 0.3 is 0 Å². The number of anilines is 1. The third-order valence-electron chi connectivity index (χ3n) is 2.52. The molecule has 20 heavy (non-hydrogen) atoms. The third kappa shape index (κ3) is 2.77. The van der Waals surface area contributed by atoms with Crippen molar-refractivity contribution in [2.45, 2.75) is 6.92 Å². The summed E-state index contributed by atoms with van der Waals surface area (Å²) in [4.78, 5) is 20.0. The van der Waals surface area contributed by atoms with E-state index in [1.54, 1.807) is 13.0 Å². The Morgan fingerprint density at radius 3 is 2.75 bits per heavy atom. The zero-order valence-corrected chi connectivity index (χ0v) is 10.9. The van der Waals surface area contributed by atoms with Gasteiger partial charge in [0.25, 0.3) is 5.91 Å². The standard InChI is InChI=1S/C13H13N3O4/c1-7-6-10(20-2)15-13(14-7)16-12(19)8-4-3-5-9(17)11(8)18/h3-6,17-18H,1-2H3,(H,14,15,16,19). The first kappa shape index (κ1) is 13.6. The Morgan fingerprint density at radius 2 is 2.05 bits per heavy atom. The lowest BCUT2D eigenvalue weighted by Gasteiger charge is -2.08. The minimum absolute atomic E-state index is 0.0505. The van der Waals surface area contributed by atoms with Gasteiger partial charge in [-0.15, -0.1) is 0 Å². The molecular formula is C13H13N3O4. The molecule has 1 amide bonds. The smallest absolute Gasteiger partial charge is 0.261 e. The molecule has 2 aromatic rings. The molecule has 1 heterocycles. The van der Waals surface area contributed by atoms with Crippen molar-refractivity contribution in [3.63, 3.8) is 0 Å². The van der Waals surface area contributed by atoms with Crippen molar-refractivity contribution in [1.82, 2.24) is 9.97 Å². The monoisotopic (exact) mass is 275 g/mol. The van der Waals surface area contributed by atoms with Crippen molar-refractivity contribution in [1.29, 1.82) is 0 Å². The number of aromatic nitrogens is 2. The summed E-state index contributed by atoms with van der Waals surface area (Å²) in [6.07, 6.45) is 0. The van der Waals surface area contributed by atoms with Crippen LogP contribution in [-0.4, -0.2) is 33.2 Å². The molecule has 2 rings (SSSR count). The summed E-state index contributed by atoms with van der Waals surface area (Å²) in [6, 6.07) is 5.71. The van der Waals surface area contributed by atoms with Gasteiger partial charge in [-0.05, 0) is 19.1 Å². The van der Waals surface area contributed by atoms with Crippen molar-refractivity contribution in [3.8, 4) is 17.4 Å². The third-order valence-corrected chi connectivity index (χ3v) is 2.52. The number of carbonyl (C=O) groups excluding carboxylic acids is 1. The van der Waals surface area contributed by atoms with E-state index in [4.69, 9.17) is 4.74 Å². The maximum atomic E-state index is 12.0. The number of nitrogens with one attached hydrogen (secondary N) is 1. The highest BCUT2D eigenvalue weighted by Crippen LogP contribution is 2.28. The van der Waals surface area contributed by atoms with Gasteiger partial charge < -0.3 is 14.9 Å². The molecule has 1 aromatic carbocycles. The molecule has 0 spiro atoms. The van der Waals surface area contributed by atoms with Crippen LogP contribution in [0.1, 0.15) is 16.1 Å². The molecule has 7 nitrogen and oxygen atoms in total. The number of para-hydroxylation sites is 1. The highest BCUT2D eigenvalue weighted by Gasteiger charge is 2.15. The fourth-order valence-corrected chi connectivity index (χ4v) is 1.58. The molecule has 0 radical (unpaired) electrons. The number of aryl methyl sites for hydroxylation is 1. The summed E-state index contributed by atoms with van der Waals surface area (Å²) in [5.41, 5.74) is 0.543. The molecule has 0 bridgehead atoms. The summed E-state index contributed by atoms with van der Waals surface area (Å²) in [5.74, 6) is -1.14. The molecule has 0 fully saturated rings. The van der Waals surface area contributed by atoms with Crippen LogP contribution in [0, 0.1) is 6.92 Å². The number of phenolic OH excluding ortho intramolecular Hbond substituents is 2. The van der Waals surface area contributed by atoms with Gasteiger partial charge in [0.2, 0.25) is 11.8 Å². The predicted octanol–water partition coefficient (Wildman–Crippen LogP) is 1.46. The zero-order chi connectivity index (χ0) is 14.7. The number of rotatable bonds is 3. The van der Waals surface area contributed by atoms with E-state index in [1.807, 2.05) is 0 Å². The first-order valence-electron chi connectivity index (χ1n) is 5.73. The second-order valence-corrected chi connectivity index (χ2v) is 4.00. The van der Waals surface area contributed by atoms with Crippen LogP contribution in [0.25, 0.3) is 0 Å². The van der Waals surface area contributed by atoms with Crippen LogP contribution in [0.2, 0.25) is 0 Å². The van der Waals surface area contributed by atoms with Crippen LogP contribution < -0.4 is 10.1 Å². The number of carbonyl (C=O) groups is 1. The van der Waals surface area contributed by atoms with Crippen LogP contribution in [0.15, 0.2) is 24.3 Å². The lowest BCUT2D eigenvalue weighted by atomic mass is 10.2. The van der Waals surface area contributed by atoms with Gasteiger partial charge in [0.05, 0.1) is 12.7 Å². The normalized spacial score (nSPS) is 10.1. The van der Waals surface area contributed by atoms with Gasteiger partial charge in [-0.2, -0.15) is 4.98 Å². The molecule has 7 heteroatoms. The van der Waals surface area contributed by atoms with Crippen molar-refractivity contribution in [3.05, 3.63) is 35.5 Å². The van der Waals surface area contributed by atoms with Gasteiger partial charge in [-0.25, -0.2) is 4.98 Å². The van der Waals surface area contributed by atoms with E-state index in [1.165, 1.54) is 25.3 Å². The number of ether oxygens (including phenoxy) is 1. The number of benzene rings is 1. The number of amides is 1. The highest BCUT2D eigenvalue weighted by molar-refractivity contribution is 6.05. The first-order valence-corrected chi connectivity index (χ1v) is 5.73. The Hall–Kier alpha value is -2.83. The topological polar surface area (TPSA) is 105 Å². The minimum atomic E-state index is -0.633. The van der Waals surface area contributed by atoms with E-state index in [2.05, 4.69) is 15.3 Å². The molecule has 3 N–H and O–H groups in total. The van der Waals surface area contributed by atoms with Gasteiger partial charge in [0, 0.05) is 11.8 Å². The Morgan fingerprint density at radius 1 is 1.30 bits per heavy atom. The second kappa shape index (κ2) is 5.43. The largest absolute Gasteiger partial charge is 0.504 e. The van der Waals surface area contributed by atoms with E-state index in [9.17, 15) is 15.0 Å². The second-order valence-electron chi connectivity index (χ2n) is 4.00. The summed E-state index contributed by atoms with van der Waals surface area (Å²) >= 11 is 0. The van der Waals surface area contributed by atoms with Crippen LogP contribution in [-0.2, 0) is 0 Å². The van der Waals surface area contributed by atoms with Crippen molar-refractivity contribution in [2.75, 3.05) is 12.4 Å². The van der Waals surface area contributed by atoms with Crippen LogP contribution >= 0.6 is 0 Å². The summed E-state index contributed by atoms with van der Waals surface area (Å²) in [6.45, 7) is 1.73. The van der Waals surface area contributed by atoms with Crippen LogP contribution in [0.3, 0.4) is 0 Å². The number of nitrogens with zero attached hydrogens (tertiary/aromatic N) is 2. The lowest BCUT2D eigenvalue weighted by molar-refractivity contribution is 0.102. The molecule has 0 aliphatic rings. The summed E-state index contributed by atoms with van der Waals surface area (Å²) in [5, 5.41) is 21.4. The Kier molecular flexibility index (Phi) is 3.69. The summed E-state index contributed by atoms with van der Waals surface area (Å²) in [7, 11) is 1.45. The minimum Gasteiger partial charge on any atom is -0.504 e. The summed E-state index contributed by atoms with van der Waals surface area (Å²) < 4.78 is 4.97. The van der Waals surface area contributed by atoms with Gasteiger partial charge in [0.15, 0.2) is 11.5 Å². The van der Waals surface area contributed by atoms with Gasteiger partial charge in [0.1, 0.15) is 0 Å². The lowest BCUT2D eigenvalue weighted by Crippen LogP contribution is -2.15. The molecule has 0 aliphatic heterocycles. The SMILES string of the molecule is COc1cc(C)nc(NC(=O)c2cccc(O)c2O)n1. The van der Waals surface area contributed by atoms with E-state index in [-0.39, 0.29) is 17.3 Å². The number of aromatic hydroxyl groups is 2. The van der Waals surface area contributed by atoms with E-state index >= 15 is 0 Å². The predicted molar refractivity (Wildman–Crippen MR) is 71.0 cm³/mol. The molecule has 104 valence electrons. The number of hydrogen-bond acceptors (Lipinski definition) is 6. The molecule has 0 atom stereocenters. The molecule has 0 saturated carbocycles. The van der Waals surface area contributed by atoms with E-state index < -0.39 is 11.7 Å². The van der Waals surface area contributed by atoms with Crippen molar-refractivity contribution in [2.24, 2.45) is 0 Å². The van der Waals surface area contributed by atoms with E-state index in [0.717, 1.165) is 0 Å². The highest BCUT2D eigenvalue weighted by atomic mass is 16.5. The van der Waals surface area contributed by atoms with E-state index in [0.29, 0.717) is 11.6 Å². The fraction of sp³-hybridized carbons (Fsp3) is 0.154. The first-order chi connectivity index (χ1) is 9.51. The number of hydrogen-bond donors (Lipinski definition) is 3. The maximum absolute atomic E-state index is 12.0. The maximum Gasteiger partial charge on any atom is 0.261 e. The Balaban J connectivity index is 2.28. The fourth-order valence-electron chi connectivity index (χ4n) is 1.58. The van der Waals surface area contributed by atoms with Crippen LogP contribution in [0.4, 0.5) is 5.95 Å². The molecule has 0 aliphatic carbocycles. The quantitative estimate of drug-likeness (QED) is 0.732. The van der Waals surface area contributed by atoms with Crippen LogP contribution in [0.5, 0.6) is 17.4 Å². The number of phenols is 2. The molecular weight excluding hydrogens is 262 g/mol. The van der Waals surface area contributed by atoms with Crippen molar-refractivity contribution >= 4 is 11.9 Å². The number of methoxy groups -OCH3 is 1. The molecule has 0 saturated heterocycles. The van der Waals surface area contributed by atoms with Gasteiger partial charge in [-0.1, -0.05) is 6.07 Å². The molecule has 1 aromatic heterocycles.